The Balaban J connectivity index is 2.87. The van der Waals surface area contributed by atoms with E-state index in [2.05, 4.69) is 15.9 Å². The lowest BCUT2D eigenvalue weighted by Crippen LogP contribution is -2.19. The van der Waals surface area contributed by atoms with Crippen molar-refractivity contribution in [1.29, 1.82) is 0 Å². The average molecular weight is 289 g/mol. The quantitative estimate of drug-likeness (QED) is 0.905. The molecule has 0 amide bonds. The van der Waals surface area contributed by atoms with Crippen molar-refractivity contribution in [2.75, 3.05) is 13.7 Å². The van der Waals surface area contributed by atoms with E-state index in [1.165, 1.54) is 0 Å². The molecule has 0 saturated carbocycles. The highest BCUT2D eigenvalue weighted by molar-refractivity contribution is 9.10. The number of benzene rings is 1. The highest BCUT2D eigenvalue weighted by Crippen LogP contribution is 2.29. The van der Waals surface area contributed by atoms with Gasteiger partial charge in [-0.05, 0) is 26.0 Å². The molecule has 0 aliphatic carbocycles. The standard InChI is InChI=1S/C12H17BrO3/c1-8(7-15-3)16-12-6-10(13)4-5-11(12)9(2)14/h4-6,8-9,14H,7H2,1-3H3. The second-order valence-electron chi connectivity index (χ2n) is 3.74. The Labute approximate surface area is 105 Å². The van der Waals surface area contributed by atoms with Crippen molar-refractivity contribution in [2.24, 2.45) is 0 Å². The third-order valence-corrected chi connectivity index (χ3v) is 2.65. The predicted molar refractivity (Wildman–Crippen MR) is 66.7 cm³/mol. The minimum atomic E-state index is -0.544. The second-order valence-corrected chi connectivity index (χ2v) is 4.66. The van der Waals surface area contributed by atoms with Crippen molar-refractivity contribution in [3.05, 3.63) is 28.2 Å². The lowest BCUT2D eigenvalue weighted by Gasteiger charge is -2.18. The van der Waals surface area contributed by atoms with Crippen molar-refractivity contribution in [1.82, 2.24) is 0 Å². The van der Waals surface area contributed by atoms with Crippen LogP contribution in [0.3, 0.4) is 0 Å². The zero-order valence-electron chi connectivity index (χ0n) is 9.74. The van der Waals surface area contributed by atoms with E-state index in [1.54, 1.807) is 14.0 Å². The molecular formula is C12H17BrO3. The molecule has 3 nitrogen and oxygen atoms in total. The van der Waals surface area contributed by atoms with Gasteiger partial charge in [-0.15, -0.1) is 0 Å². The van der Waals surface area contributed by atoms with Crippen LogP contribution in [0, 0.1) is 0 Å². The first-order valence-corrected chi connectivity index (χ1v) is 5.97. The Hall–Kier alpha value is -0.580. The number of aliphatic hydroxyl groups excluding tert-OH is 1. The molecule has 0 spiro atoms. The third-order valence-electron chi connectivity index (χ3n) is 2.16. The number of methoxy groups -OCH3 is 1. The van der Waals surface area contributed by atoms with Gasteiger partial charge in [0, 0.05) is 17.1 Å². The third kappa shape index (κ3) is 3.77. The Morgan fingerprint density at radius 2 is 2.06 bits per heavy atom. The monoisotopic (exact) mass is 288 g/mol. The molecule has 0 radical (unpaired) electrons. The summed E-state index contributed by atoms with van der Waals surface area (Å²) in [4.78, 5) is 0. The molecule has 0 heterocycles. The molecule has 1 N–H and O–H groups in total. The normalized spacial score (nSPS) is 14.6. The number of ether oxygens (including phenoxy) is 2. The fourth-order valence-corrected chi connectivity index (χ4v) is 1.78. The van der Waals surface area contributed by atoms with E-state index in [0.717, 1.165) is 10.0 Å². The van der Waals surface area contributed by atoms with Crippen LogP contribution in [0.4, 0.5) is 0 Å². The van der Waals surface area contributed by atoms with Gasteiger partial charge >= 0.3 is 0 Å². The van der Waals surface area contributed by atoms with Crippen LogP contribution in [-0.4, -0.2) is 24.9 Å². The largest absolute Gasteiger partial charge is 0.488 e. The fraction of sp³-hybridized carbons (Fsp3) is 0.500. The molecule has 0 bridgehead atoms. The van der Waals surface area contributed by atoms with Crippen molar-refractivity contribution < 1.29 is 14.6 Å². The summed E-state index contributed by atoms with van der Waals surface area (Å²) >= 11 is 3.38. The van der Waals surface area contributed by atoms with Crippen LogP contribution in [0.2, 0.25) is 0 Å². The van der Waals surface area contributed by atoms with E-state index in [9.17, 15) is 5.11 Å². The van der Waals surface area contributed by atoms with Crippen molar-refractivity contribution in [3.63, 3.8) is 0 Å². The van der Waals surface area contributed by atoms with E-state index in [4.69, 9.17) is 9.47 Å². The Kier molecular flexibility index (Phi) is 5.25. The van der Waals surface area contributed by atoms with Crippen LogP contribution in [0.15, 0.2) is 22.7 Å². The van der Waals surface area contributed by atoms with Gasteiger partial charge in [-0.2, -0.15) is 0 Å². The molecule has 0 saturated heterocycles. The van der Waals surface area contributed by atoms with E-state index in [-0.39, 0.29) is 6.10 Å². The zero-order valence-corrected chi connectivity index (χ0v) is 11.3. The molecular weight excluding hydrogens is 272 g/mol. The van der Waals surface area contributed by atoms with Crippen LogP contribution < -0.4 is 4.74 Å². The number of hydrogen-bond donors (Lipinski definition) is 1. The maximum atomic E-state index is 9.61. The van der Waals surface area contributed by atoms with Crippen molar-refractivity contribution in [2.45, 2.75) is 26.1 Å². The van der Waals surface area contributed by atoms with Gasteiger partial charge in [0.2, 0.25) is 0 Å². The first kappa shape index (κ1) is 13.5. The number of halogens is 1. The zero-order chi connectivity index (χ0) is 12.1. The molecule has 0 aromatic heterocycles. The van der Waals surface area contributed by atoms with Crippen LogP contribution in [0.25, 0.3) is 0 Å². The molecule has 4 heteroatoms. The molecule has 0 fully saturated rings. The number of aliphatic hydroxyl groups is 1. The lowest BCUT2D eigenvalue weighted by atomic mass is 10.1. The van der Waals surface area contributed by atoms with Crippen LogP contribution in [-0.2, 0) is 4.74 Å². The Morgan fingerprint density at radius 3 is 2.62 bits per heavy atom. The first-order valence-electron chi connectivity index (χ1n) is 5.17. The molecule has 90 valence electrons. The van der Waals surface area contributed by atoms with Crippen LogP contribution >= 0.6 is 15.9 Å². The summed E-state index contributed by atoms with van der Waals surface area (Å²) in [6.45, 7) is 4.17. The molecule has 1 aromatic rings. The highest BCUT2D eigenvalue weighted by Gasteiger charge is 2.12. The van der Waals surface area contributed by atoms with Gasteiger partial charge in [0.05, 0.1) is 12.7 Å². The summed E-state index contributed by atoms with van der Waals surface area (Å²) in [6, 6.07) is 5.59. The van der Waals surface area contributed by atoms with E-state index in [1.807, 2.05) is 25.1 Å². The molecule has 0 aliphatic heterocycles. The number of hydrogen-bond acceptors (Lipinski definition) is 3. The number of rotatable bonds is 5. The van der Waals surface area contributed by atoms with Gasteiger partial charge < -0.3 is 14.6 Å². The van der Waals surface area contributed by atoms with Crippen molar-refractivity contribution >= 4 is 15.9 Å². The van der Waals surface area contributed by atoms with Gasteiger partial charge in [-0.3, -0.25) is 0 Å². The fourth-order valence-electron chi connectivity index (χ4n) is 1.44. The van der Waals surface area contributed by atoms with Gasteiger partial charge in [0.25, 0.3) is 0 Å². The molecule has 16 heavy (non-hydrogen) atoms. The SMILES string of the molecule is COCC(C)Oc1cc(Br)ccc1C(C)O. The second kappa shape index (κ2) is 6.23. The Bertz CT molecular complexity index is 339. The molecule has 0 aliphatic rings. The topological polar surface area (TPSA) is 38.7 Å². The smallest absolute Gasteiger partial charge is 0.126 e. The van der Waals surface area contributed by atoms with E-state index >= 15 is 0 Å². The van der Waals surface area contributed by atoms with Crippen LogP contribution in [0.5, 0.6) is 5.75 Å². The molecule has 1 rings (SSSR count). The minimum Gasteiger partial charge on any atom is -0.488 e. The van der Waals surface area contributed by atoms with Crippen molar-refractivity contribution in [3.8, 4) is 5.75 Å². The molecule has 1 aromatic carbocycles. The summed E-state index contributed by atoms with van der Waals surface area (Å²) in [5.41, 5.74) is 0.783. The highest BCUT2D eigenvalue weighted by atomic mass is 79.9. The minimum absolute atomic E-state index is 0.0446. The summed E-state index contributed by atoms with van der Waals surface area (Å²) in [5.74, 6) is 0.689. The maximum Gasteiger partial charge on any atom is 0.126 e. The van der Waals surface area contributed by atoms with E-state index < -0.39 is 6.10 Å². The summed E-state index contributed by atoms with van der Waals surface area (Å²) in [6.07, 6.45) is -0.588. The summed E-state index contributed by atoms with van der Waals surface area (Å²) in [7, 11) is 1.64. The summed E-state index contributed by atoms with van der Waals surface area (Å²) in [5, 5.41) is 9.61. The molecule has 2 unspecified atom stereocenters. The first-order chi connectivity index (χ1) is 7.54. The van der Waals surface area contributed by atoms with Gasteiger partial charge in [0.1, 0.15) is 11.9 Å². The van der Waals surface area contributed by atoms with Crippen LogP contribution in [0.1, 0.15) is 25.5 Å². The van der Waals surface area contributed by atoms with E-state index in [0.29, 0.717) is 12.4 Å². The predicted octanol–water partition coefficient (Wildman–Crippen LogP) is 2.92. The molecule has 2 atom stereocenters. The lowest BCUT2D eigenvalue weighted by molar-refractivity contribution is 0.0886. The van der Waals surface area contributed by atoms with Gasteiger partial charge in [-0.25, -0.2) is 0 Å². The van der Waals surface area contributed by atoms with Gasteiger partial charge in [-0.1, -0.05) is 22.0 Å². The van der Waals surface area contributed by atoms with Gasteiger partial charge in [0.15, 0.2) is 0 Å². The maximum absolute atomic E-state index is 9.61. The average Bonchev–Trinajstić information content (AvgIpc) is 2.17. The summed E-state index contributed by atoms with van der Waals surface area (Å²) < 4.78 is 11.6. The Morgan fingerprint density at radius 1 is 1.38 bits per heavy atom.